The highest BCUT2D eigenvalue weighted by Crippen LogP contribution is 2.30. The van der Waals surface area contributed by atoms with Gasteiger partial charge in [0.1, 0.15) is 6.10 Å². The molecular formula is C13H10BrNOS. The van der Waals surface area contributed by atoms with Gasteiger partial charge in [0.05, 0.1) is 3.79 Å². The zero-order valence-corrected chi connectivity index (χ0v) is 11.3. The third-order valence-electron chi connectivity index (χ3n) is 2.80. The van der Waals surface area contributed by atoms with Crippen LogP contribution >= 0.6 is 27.3 Å². The van der Waals surface area contributed by atoms with Crippen LogP contribution in [-0.4, -0.2) is 10.1 Å². The van der Waals surface area contributed by atoms with Crippen molar-refractivity contribution in [2.75, 3.05) is 0 Å². The van der Waals surface area contributed by atoms with E-state index in [0.717, 1.165) is 25.8 Å². The van der Waals surface area contributed by atoms with Crippen LogP contribution in [0.1, 0.15) is 17.2 Å². The smallest absolute Gasteiger partial charge is 0.105 e. The van der Waals surface area contributed by atoms with Gasteiger partial charge in [-0.05, 0) is 62.1 Å². The Kier molecular flexibility index (Phi) is 2.78. The monoisotopic (exact) mass is 307 g/mol. The summed E-state index contributed by atoms with van der Waals surface area (Å²) in [5, 5.41) is 13.4. The molecule has 2 nitrogen and oxygen atoms in total. The standard InChI is InChI=1S/C13H10BrNOS/c14-12-6-10(7-17-12)13(16)9-1-2-11-8(5-9)3-4-15-11/h1-7,13,15-16H. The molecule has 4 heteroatoms. The van der Waals surface area contributed by atoms with Crippen LogP contribution < -0.4 is 0 Å². The number of hydrogen-bond donors (Lipinski definition) is 2. The van der Waals surface area contributed by atoms with Crippen molar-refractivity contribution in [1.29, 1.82) is 0 Å². The van der Waals surface area contributed by atoms with Gasteiger partial charge < -0.3 is 10.1 Å². The number of aromatic nitrogens is 1. The predicted molar refractivity (Wildman–Crippen MR) is 74.4 cm³/mol. The average molecular weight is 308 g/mol. The minimum absolute atomic E-state index is 0.558. The van der Waals surface area contributed by atoms with Gasteiger partial charge in [0.25, 0.3) is 0 Å². The van der Waals surface area contributed by atoms with Crippen LogP contribution in [0.4, 0.5) is 0 Å². The zero-order valence-electron chi connectivity index (χ0n) is 8.85. The molecule has 0 bridgehead atoms. The number of H-pyrrole nitrogens is 1. The highest BCUT2D eigenvalue weighted by atomic mass is 79.9. The topological polar surface area (TPSA) is 36.0 Å². The summed E-state index contributed by atoms with van der Waals surface area (Å²) in [6.07, 6.45) is 1.35. The van der Waals surface area contributed by atoms with E-state index in [9.17, 15) is 5.11 Å². The van der Waals surface area contributed by atoms with Gasteiger partial charge in [0, 0.05) is 11.7 Å². The number of fused-ring (bicyclic) bond motifs is 1. The molecule has 2 N–H and O–H groups in total. The Morgan fingerprint density at radius 3 is 2.82 bits per heavy atom. The number of aliphatic hydroxyl groups is 1. The molecule has 0 saturated carbocycles. The molecule has 1 atom stereocenters. The largest absolute Gasteiger partial charge is 0.384 e. The van der Waals surface area contributed by atoms with Crippen molar-refractivity contribution in [3.05, 3.63) is 56.8 Å². The number of benzene rings is 1. The van der Waals surface area contributed by atoms with E-state index in [1.807, 2.05) is 41.9 Å². The summed E-state index contributed by atoms with van der Waals surface area (Å²) in [5.41, 5.74) is 2.94. The van der Waals surface area contributed by atoms with Crippen molar-refractivity contribution in [1.82, 2.24) is 4.98 Å². The average Bonchev–Trinajstić information content (AvgIpc) is 2.95. The SMILES string of the molecule is OC(c1csc(Br)c1)c1ccc2[nH]ccc2c1. The molecule has 1 aromatic carbocycles. The number of nitrogens with one attached hydrogen (secondary N) is 1. The Morgan fingerprint density at radius 1 is 1.18 bits per heavy atom. The van der Waals surface area contributed by atoms with Crippen molar-refractivity contribution >= 4 is 38.2 Å². The summed E-state index contributed by atoms with van der Waals surface area (Å²) in [4.78, 5) is 3.14. The first-order valence-corrected chi connectivity index (χ1v) is 6.90. The fraction of sp³-hybridized carbons (Fsp3) is 0.0769. The second-order valence-electron chi connectivity index (χ2n) is 3.91. The summed E-state index contributed by atoms with van der Waals surface area (Å²) < 4.78 is 1.04. The zero-order chi connectivity index (χ0) is 11.8. The minimum Gasteiger partial charge on any atom is -0.384 e. The first kappa shape index (κ1) is 11.0. The van der Waals surface area contributed by atoms with Crippen molar-refractivity contribution < 1.29 is 5.11 Å². The van der Waals surface area contributed by atoms with Crippen LogP contribution in [0.25, 0.3) is 10.9 Å². The van der Waals surface area contributed by atoms with Crippen LogP contribution in [0.3, 0.4) is 0 Å². The van der Waals surface area contributed by atoms with E-state index in [1.54, 1.807) is 11.3 Å². The van der Waals surface area contributed by atoms with E-state index in [1.165, 1.54) is 0 Å². The van der Waals surface area contributed by atoms with Gasteiger partial charge in [-0.15, -0.1) is 11.3 Å². The molecule has 2 heterocycles. The van der Waals surface area contributed by atoms with Gasteiger partial charge in [-0.3, -0.25) is 0 Å². The summed E-state index contributed by atoms with van der Waals surface area (Å²) in [6.45, 7) is 0. The molecule has 0 aliphatic rings. The second-order valence-corrected chi connectivity index (χ2v) is 6.20. The second kappa shape index (κ2) is 4.29. The number of hydrogen-bond acceptors (Lipinski definition) is 2. The van der Waals surface area contributed by atoms with Crippen LogP contribution in [-0.2, 0) is 0 Å². The van der Waals surface area contributed by atoms with Crippen LogP contribution in [0, 0.1) is 0 Å². The van der Waals surface area contributed by atoms with Gasteiger partial charge in [0.2, 0.25) is 0 Å². The van der Waals surface area contributed by atoms with E-state index in [4.69, 9.17) is 0 Å². The van der Waals surface area contributed by atoms with Gasteiger partial charge in [0.15, 0.2) is 0 Å². The number of aromatic amines is 1. The maximum atomic E-state index is 10.3. The van der Waals surface area contributed by atoms with Crippen molar-refractivity contribution in [3.63, 3.8) is 0 Å². The lowest BCUT2D eigenvalue weighted by Gasteiger charge is -2.09. The molecule has 0 radical (unpaired) electrons. The molecule has 3 rings (SSSR count). The lowest BCUT2D eigenvalue weighted by atomic mass is 10.0. The molecule has 0 aliphatic heterocycles. The molecule has 0 spiro atoms. The first-order valence-electron chi connectivity index (χ1n) is 5.23. The van der Waals surface area contributed by atoms with Gasteiger partial charge in [-0.1, -0.05) is 6.07 Å². The van der Waals surface area contributed by atoms with Crippen LogP contribution in [0.15, 0.2) is 45.7 Å². The molecular weight excluding hydrogens is 298 g/mol. The Bertz CT molecular complexity index is 658. The molecule has 17 heavy (non-hydrogen) atoms. The molecule has 0 aliphatic carbocycles. The molecule has 1 unspecified atom stereocenters. The Hall–Kier alpha value is -1.10. The van der Waals surface area contributed by atoms with E-state index in [0.29, 0.717) is 0 Å². The third-order valence-corrected chi connectivity index (χ3v) is 4.32. The first-order chi connectivity index (χ1) is 8.24. The van der Waals surface area contributed by atoms with Crippen molar-refractivity contribution in [2.45, 2.75) is 6.10 Å². The summed E-state index contributed by atoms with van der Waals surface area (Å²) in [6, 6.07) is 9.93. The Labute approximate surface area is 111 Å². The lowest BCUT2D eigenvalue weighted by molar-refractivity contribution is 0.221. The maximum absolute atomic E-state index is 10.3. The van der Waals surface area contributed by atoms with Gasteiger partial charge >= 0.3 is 0 Å². The highest BCUT2D eigenvalue weighted by Gasteiger charge is 2.12. The van der Waals surface area contributed by atoms with E-state index >= 15 is 0 Å². The molecule has 2 aromatic heterocycles. The predicted octanol–water partition coefficient (Wildman–Crippen LogP) is 4.07. The van der Waals surface area contributed by atoms with E-state index in [2.05, 4.69) is 20.9 Å². The van der Waals surface area contributed by atoms with E-state index < -0.39 is 6.10 Å². The summed E-state index contributed by atoms with van der Waals surface area (Å²) in [7, 11) is 0. The molecule has 0 saturated heterocycles. The normalized spacial score (nSPS) is 13.1. The van der Waals surface area contributed by atoms with E-state index in [-0.39, 0.29) is 0 Å². The third kappa shape index (κ3) is 2.04. The van der Waals surface area contributed by atoms with Crippen LogP contribution in [0.2, 0.25) is 0 Å². The number of halogens is 1. The van der Waals surface area contributed by atoms with Crippen molar-refractivity contribution in [3.8, 4) is 0 Å². The van der Waals surface area contributed by atoms with Crippen LogP contribution in [0.5, 0.6) is 0 Å². The molecule has 86 valence electrons. The highest BCUT2D eigenvalue weighted by molar-refractivity contribution is 9.11. The molecule has 3 aromatic rings. The van der Waals surface area contributed by atoms with Crippen molar-refractivity contribution in [2.24, 2.45) is 0 Å². The summed E-state index contributed by atoms with van der Waals surface area (Å²) in [5.74, 6) is 0. The quantitative estimate of drug-likeness (QED) is 0.735. The maximum Gasteiger partial charge on any atom is 0.105 e. The summed E-state index contributed by atoms with van der Waals surface area (Å²) >= 11 is 4.99. The minimum atomic E-state index is -0.558. The number of rotatable bonds is 2. The Morgan fingerprint density at radius 2 is 2.06 bits per heavy atom. The van der Waals surface area contributed by atoms with Gasteiger partial charge in [-0.2, -0.15) is 0 Å². The molecule has 0 fully saturated rings. The fourth-order valence-electron chi connectivity index (χ4n) is 1.90. The lowest BCUT2D eigenvalue weighted by Crippen LogP contribution is -1.97. The van der Waals surface area contributed by atoms with Gasteiger partial charge in [-0.25, -0.2) is 0 Å². The Balaban J connectivity index is 2.02. The number of thiophene rings is 1. The number of aliphatic hydroxyl groups excluding tert-OH is 1. The fourth-order valence-corrected chi connectivity index (χ4v) is 3.10. The molecule has 0 amide bonds.